The number of nitrogens with one attached hydrogen (secondary N) is 1. The van der Waals surface area contributed by atoms with Crippen molar-refractivity contribution in [3.63, 3.8) is 0 Å². The van der Waals surface area contributed by atoms with Crippen molar-refractivity contribution < 1.29 is 23.9 Å². The van der Waals surface area contributed by atoms with Crippen LogP contribution in [-0.2, 0) is 14.3 Å². The minimum atomic E-state index is -1.76. The molecule has 1 N–H and O–H groups in total. The Labute approximate surface area is 162 Å². The van der Waals surface area contributed by atoms with Crippen molar-refractivity contribution in [1.82, 2.24) is 4.98 Å². The number of hydrogen-bond acceptors (Lipinski definition) is 6. The van der Waals surface area contributed by atoms with Crippen LogP contribution in [0.25, 0.3) is 0 Å². The van der Waals surface area contributed by atoms with E-state index in [9.17, 15) is 14.4 Å². The van der Waals surface area contributed by atoms with Gasteiger partial charge in [-0.3, -0.25) is 14.5 Å². The lowest BCUT2D eigenvalue weighted by atomic mass is 9.99. The van der Waals surface area contributed by atoms with Gasteiger partial charge in [0, 0.05) is 17.9 Å². The second-order valence-corrected chi connectivity index (χ2v) is 6.75. The van der Waals surface area contributed by atoms with Crippen LogP contribution in [0.4, 0.5) is 11.5 Å². The number of hydrogen-bond donors (Lipinski definition) is 1. The monoisotopic (exact) mass is 383 g/mol. The van der Waals surface area contributed by atoms with Crippen molar-refractivity contribution in [2.45, 2.75) is 32.4 Å². The van der Waals surface area contributed by atoms with Gasteiger partial charge in [-0.2, -0.15) is 0 Å². The zero-order valence-corrected chi connectivity index (χ0v) is 16.1. The van der Waals surface area contributed by atoms with Gasteiger partial charge in [-0.15, -0.1) is 0 Å². The molecule has 146 valence electrons. The number of benzene rings is 1. The van der Waals surface area contributed by atoms with Crippen LogP contribution in [0.5, 0.6) is 5.75 Å². The van der Waals surface area contributed by atoms with E-state index in [0.717, 1.165) is 0 Å². The summed E-state index contributed by atoms with van der Waals surface area (Å²) in [5, 5.41) is 2.67. The molecule has 0 spiro atoms. The van der Waals surface area contributed by atoms with Crippen molar-refractivity contribution >= 4 is 29.3 Å². The first kappa shape index (κ1) is 19.3. The molecule has 0 saturated heterocycles. The highest BCUT2D eigenvalue weighted by atomic mass is 16.5. The van der Waals surface area contributed by atoms with Crippen LogP contribution in [0.1, 0.15) is 31.1 Å². The second kappa shape index (κ2) is 7.30. The van der Waals surface area contributed by atoms with Gasteiger partial charge in [0.2, 0.25) is 0 Å². The van der Waals surface area contributed by atoms with Crippen LogP contribution in [0, 0.1) is 0 Å². The molecular weight excluding hydrogens is 362 g/mol. The zero-order chi connectivity index (χ0) is 20.5. The third kappa shape index (κ3) is 3.28. The van der Waals surface area contributed by atoms with Crippen molar-refractivity contribution in [3.05, 3.63) is 48.2 Å². The van der Waals surface area contributed by atoms with Gasteiger partial charge < -0.3 is 14.8 Å². The van der Waals surface area contributed by atoms with E-state index < -0.39 is 23.4 Å². The Hall–Kier alpha value is -3.42. The fourth-order valence-electron chi connectivity index (χ4n) is 2.91. The summed E-state index contributed by atoms with van der Waals surface area (Å²) in [4.78, 5) is 43.3. The normalized spacial score (nSPS) is 18.3. The minimum Gasteiger partial charge on any atom is -0.465 e. The number of anilines is 2. The zero-order valence-electron chi connectivity index (χ0n) is 16.1. The minimum absolute atomic E-state index is 0.212. The first-order valence-corrected chi connectivity index (χ1v) is 8.75. The quantitative estimate of drug-likeness (QED) is 0.643. The fourth-order valence-corrected chi connectivity index (χ4v) is 2.91. The number of carbonyl (C=O) groups excluding carboxylic acids is 3. The molecule has 28 heavy (non-hydrogen) atoms. The molecule has 8 heteroatoms. The van der Waals surface area contributed by atoms with E-state index in [4.69, 9.17) is 4.74 Å². The summed E-state index contributed by atoms with van der Waals surface area (Å²) in [5.41, 5.74) is -0.993. The smallest absolute Gasteiger partial charge is 0.337 e. The SMILES string of the molecule is COC(=O)c1ccc(NC(=O)[C@]2(C)Oc3cccnc3N(C(C)C)C2=O)cc1. The highest BCUT2D eigenvalue weighted by molar-refractivity contribution is 6.19. The number of ether oxygens (including phenoxy) is 2. The standard InChI is InChI=1S/C20H21N3O5/c1-12(2)23-16-15(6-5-11-21-16)28-20(3,19(23)26)18(25)22-14-9-7-13(8-10-14)17(24)27-4/h5-12H,1-4H3,(H,22,25)/t20-/m0/s1. The molecule has 0 unspecified atom stereocenters. The number of carbonyl (C=O) groups is 3. The van der Waals surface area contributed by atoms with Crippen LogP contribution in [0.3, 0.4) is 0 Å². The maximum absolute atomic E-state index is 13.1. The maximum atomic E-state index is 13.1. The Balaban J connectivity index is 1.88. The first-order chi connectivity index (χ1) is 13.3. The summed E-state index contributed by atoms with van der Waals surface area (Å²) < 4.78 is 10.4. The summed E-state index contributed by atoms with van der Waals surface area (Å²) in [7, 11) is 1.29. The van der Waals surface area contributed by atoms with Crippen LogP contribution >= 0.6 is 0 Å². The Morgan fingerprint density at radius 2 is 1.89 bits per heavy atom. The summed E-state index contributed by atoms with van der Waals surface area (Å²) in [5.74, 6) is -0.863. The molecule has 8 nitrogen and oxygen atoms in total. The van der Waals surface area contributed by atoms with E-state index in [1.54, 1.807) is 30.5 Å². The highest BCUT2D eigenvalue weighted by Gasteiger charge is 2.51. The molecule has 1 aliphatic heterocycles. The second-order valence-electron chi connectivity index (χ2n) is 6.75. The molecule has 0 saturated carbocycles. The van der Waals surface area contributed by atoms with E-state index in [1.807, 2.05) is 13.8 Å². The van der Waals surface area contributed by atoms with Gasteiger partial charge in [-0.05, 0) is 57.2 Å². The van der Waals surface area contributed by atoms with Crippen LogP contribution in [-0.4, -0.2) is 41.5 Å². The van der Waals surface area contributed by atoms with Crippen molar-refractivity contribution in [2.24, 2.45) is 0 Å². The van der Waals surface area contributed by atoms with Crippen LogP contribution in [0.15, 0.2) is 42.6 Å². The topological polar surface area (TPSA) is 97.8 Å². The molecule has 2 amide bonds. The van der Waals surface area contributed by atoms with Crippen LogP contribution < -0.4 is 15.0 Å². The van der Waals surface area contributed by atoms with E-state index >= 15 is 0 Å². The lowest BCUT2D eigenvalue weighted by molar-refractivity contribution is -0.145. The van der Waals surface area contributed by atoms with Gasteiger partial charge in [0.05, 0.1) is 12.7 Å². The van der Waals surface area contributed by atoms with E-state index in [0.29, 0.717) is 22.8 Å². The summed E-state index contributed by atoms with van der Waals surface area (Å²) in [6.45, 7) is 5.11. The number of methoxy groups -OCH3 is 1. The number of amides is 2. The third-order valence-corrected chi connectivity index (χ3v) is 4.43. The predicted octanol–water partition coefficient (Wildman–Crippen LogP) is 2.40. The number of nitrogens with zero attached hydrogens (tertiary/aromatic N) is 2. The van der Waals surface area contributed by atoms with E-state index in [1.165, 1.54) is 31.1 Å². The number of rotatable bonds is 4. The van der Waals surface area contributed by atoms with Gasteiger partial charge in [-0.1, -0.05) is 0 Å². The first-order valence-electron chi connectivity index (χ1n) is 8.75. The van der Waals surface area contributed by atoms with Crippen molar-refractivity contribution in [2.75, 3.05) is 17.3 Å². The molecule has 1 aromatic carbocycles. The summed E-state index contributed by atoms with van der Waals surface area (Å²) >= 11 is 0. The number of esters is 1. The third-order valence-electron chi connectivity index (χ3n) is 4.43. The Bertz CT molecular complexity index is 926. The lowest BCUT2D eigenvalue weighted by Gasteiger charge is -2.40. The molecule has 0 fully saturated rings. The van der Waals surface area contributed by atoms with E-state index in [2.05, 4.69) is 15.0 Å². The lowest BCUT2D eigenvalue weighted by Crippen LogP contribution is -2.62. The molecular formula is C20H21N3O5. The largest absolute Gasteiger partial charge is 0.465 e. The van der Waals surface area contributed by atoms with Crippen molar-refractivity contribution in [1.29, 1.82) is 0 Å². The number of fused-ring (bicyclic) bond motifs is 1. The summed E-state index contributed by atoms with van der Waals surface area (Å²) in [6, 6.07) is 9.28. The van der Waals surface area contributed by atoms with Gasteiger partial charge in [0.1, 0.15) is 0 Å². The molecule has 1 aromatic heterocycles. The Morgan fingerprint density at radius 1 is 1.21 bits per heavy atom. The van der Waals surface area contributed by atoms with Crippen LogP contribution in [0.2, 0.25) is 0 Å². The van der Waals surface area contributed by atoms with Gasteiger partial charge in [0.15, 0.2) is 11.6 Å². The van der Waals surface area contributed by atoms with E-state index in [-0.39, 0.29) is 6.04 Å². The molecule has 1 atom stereocenters. The van der Waals surface area contributed by atoms with Gasteiger partial charge >= 0.3 is 5.97 Å². The molecule has 3 rings (SSSR count). The Kier molecular flexibility index (Phi) is 5.04. The molecule has 2 aromatic rings. The average Bonchev–Trinajstić information content (AvgIpc) is 2.68. The molecule has 1 aliphatic rings. The van der Waals surface area contributed by atoms with Crippen molar-refractivity contribution in [3.8, 4) is 5.75 Å². The number of pyridine rings is 1. The molecule has 2 heterocycles. The molecule has 0 aliphatic carbocycles. The predicted molar refractivity (Wildman–Crippen MR) is 102 cm³/mol. The fraction of sp³-hybridized carbons (Fsp3) is 0.300. The summed E-state index contributed by atoms with van der Waals surface area (Å²) in [6.07, 6.45) is 1.57. The number of aromatic nitrogens is 1. The Morgan fingerprint density at radius 3 is 2.50 bits per heavy atom. The van der Waals surface area contributed by atoms with Gasteiger partial charge in [-0.25, -0.2) is 9.78 Å². The average molecular weight is 383 g/mol. The molecule has 0 bridgehead atoms. The maximum Gasteiger partial charge on any atom is 0.337 e. The van der Waals surface area contributed by atoms with Gasteiger partial charge in [0.25, 0.3) is 17.4 Å². The molecule has 0 radical (unpaired) electrons. The highest BCUT2D eigenvalue weighted by Crippen LogP contribution is 2.37.